The van der Waals surface area contributed by atoms with Gasteiger partial charge in [0.2, 0.25) is 0 Å². The molecule has 0 amide bonds. The minimum atomic E-state index is -0.183. The van der Waals surface area contributed by atoms with Crippen LogP contribution in [0.5, 0.6) is 0 Å². The molecule has 1 atom stereocenters. The molecule has 3 rings (SSSR count). The summed E-state index contributed by atoms with van der Waals surface area (Å²) < 4.78 is 13.8. The van der Waals surface area contributed by atoms with Gasteiger partial charge in [-0.2, -0.15) is 0 Å². The van der Waals surface area contributed by atoms with Crippen molar-refractivity contribution in [3.63, 3.8) is 0 Å². The van der Waals surface area contributed by atoms with Crippen LogP contribution in [0.15, 0.2) is 66.3 Å². The molecule has 0 aliphatic carbocycles. The fraction of sp³-hybridized carbons (Fsp3) is 0.345. The molecule has 1 fully saturated rings. The number of allylic oxidation sites excluding steroid dienone is 3. The molecule has 2 aromatic carbocycles. The van der Waals surface area contributed by atoms with E-state index in [-0.39, 0.29) is 5.82 Å². The van der Waals surface area contributed by atoms with Gasteiger partial charge in [0, 0.05) is 43.3 Å². The molecule has 0 spiro atoms. The molecule has 0 saturated carbocycles. The average molecular weight is 461 g/mol. The highest BCUT2D eigenvalue weighted by Gasteiger charge is 2.19. The van der Waals surface area contributed by atoms with Crippen LogP contribution < -0.4 is 10.6 Å². The van der Waals surface area contributed by atoms with Gasteiger partial charge in [-0.25, -0.2) is 4.39 Å². The zero-order valence-electron chi connectivity index (χ0n) is 20.7. The molecule has 1 aliphatic heterocycles. The number of halogens is 1. The van der Waals surface area contributed by atoms with Gasteiger partial charge in [0.1, 0.15) is 5.82 Å². The van der Waals surface area contributed by atoms with Crippen molar-refractivity contribution in [1.29, 1.82) is 0 Å². The number of anilines is 1. The highest BCUT2D eigenvalue weighted by Crippen LogP contribution is 2.29. The van der Waals surface area contributed by atoms with Gasteiger partial charge in [0.15, 0.2) is 0 Å². The van der Waals surface area contributed by atoms with E-state index < -0.39 is 0 Å². The molecule has 4 nitrogen and oxygen atoms in total. The zero-order chi connectivity index (χ0) is 24.5. The third-order valence-electron chi connectivity index (χ3n) is 6.47. The first kappa shape index (κ1) is 25.4. The van der Waals surface area contributed by atoms with Crippen LogP contribution in [0.1, 0.15) is 35.1 Å². The lowest BCUT2D eigenvalue weighted by Gasteiger charge is -2.18. The number of hydrogen-bond donors (Lipinski definition) is 2. The largest absolute Gasteiger partial charge is 0.388 e. The zero-order valence-corrected chi connectivity index (χ0v) is 20.7. The smallest absolute Gasteiger partial charge is 0.126 e. The highest BCUT2D eigenvalue weighted by molar-refractivity contribution is 5.79. The van der Waals surface area contributed by atoms with Crippen LogP contribution in [0.2, 0.25) is 0 Å². The Morgan fingerprint density at radius 3 is 2.76 bits per heavy atom. The fourth-order valence-corrected chi connectivity index (χ4v) is 4.51. The fourth-order valence-electron chi connectivity index (χ4n) is 4.51. The maximum absolute atomic E-state index is 13.8. The standard InChI is InChI=1S/C29H37FN4/c1-21-17-24(8-10-28(21)30)18-25(7-6-14-31-3)26-9-11-29(32-4)27(19-26)22(2)33-15-12-23-13-16-34(5)20-23/h6-11,14,17,19,23,32-33H,2-3,12-13,15-16,18,20H2,1,4-5H3/b14-6-,25-7+. The number of aliphatic imine (C=N–C) groups is 1. The van der Waals surface area contributed by atoms with Crippen molar-refractivity contribution in [3.8, 4) is 0 Å². The first-order chi connectivity index (χ1) is 16.4. The van der Waals surface area contributed by atoms with E-state index in [2.05, 4.69) is 59.1 Å². The van der Waals surface area contributed by atoms with Gasteiger partial charge in [-0.15, -0.1) is 0 Å². The van der Waals surface area contributed by atoms with Crippen LogP contribution in [0.4, 0.5) is 10.1 Å². The third-order valence-corrected chi connectivity index (χ3v) is 6.47. The first-order valence-corrected chi connectivity index (χ1v) is 11.9. The van der Waals surface area contributed by atoms with Gasteiger partial charge in [-0.3, -0.25) is 4.99 Å². The second kappa shape index (κ2) is 12.3. The summed E-state index contributed by atoms with van der Waals surface area (Å²) in [5.74, 6) is 0.566. The minimum absolute atomic E-state index is 0.183. The molecule has 0 aromatic heterocycles. The Bertz CT molecular complexity index is 1070. The number of nitrogens with zero attached hydrogens (tertiary/aromatic N) is 2. The van der Waals surface area contributed by atoms with Crippen LogP contribution in [0.3, 0.4) is 0 Å². The van der Waals surface area contributed by atoms with Crippen molar-refractivity contribution in [2.45, 2.75) is 26.2 Å². The van der Waals surface area contributed by atoms with Gasteiger partial charge >= 0.3 is 0 Å². The van der Waals surface area contributed by atoms with Gasteiger partial charge in [0.25, 0.3) is 0 Å². The lowest BCUT2D eigenvalue weighted by Crippen LogP contribution is -2.19. The predicted octanol–water partition coefficient (Wildman–Crippen LogP) is 5.92. The van der Waals surface area contributed by atoms with Crippen LogP contribution in [-0.2, 0) is 6.42 Å². The molecule has 34 heavy (non-hydrogen) atoms. The minimum Gasteiger partial charge on any atom is -0.388 e. The molecule has 5 heteroatoms. The van der Waals surface area contributed by atoms with Crippen molar-refractivity contribution in [2.75, 3.05) is 39.0 Å². The van der Waals surface area contributed by atoms with E-state index in [1.807, 2.05) is 31.3 Å². The molecule has 180 valence electrons. The van der Waals surface area contributed by atoms with Crippen LogP contribution in [0, 0.1) is 18.7 Å². The van der Waals surface area contributed by atoms with E-state index in [0.29, 0.717) is 12.0 Å². The molecular formula is C29H37FN4. The third kappa shape index (κ3) is 6.91. The number of aryl methyl sites for hydroxylation is 1. The second-order valence-corrected chi connectivity index (χ2v) is 9.10. The number of likely N-dealkylation sites (tertiary alicyclic amines) is 1. The number of hydrogen-bond acceptors (Lipinski definition) is 4. The van der Waals surface area contributed by atoms with Crippen molar-refractivity contribution in [3.05, 3.63) is 89.4 Å². The van der Waals surface area contributed by atoms with Crippen LogP contribution in [-0.4, -0.2) is 45.3 Å². The van der Waals surface area contributed by atoms with E-state index in [4.69, 9.17) is 0 Å². The van der Waals surface area contributed by atoms with E-state index >= 15 is 0 Å². The normalized spacial score (nSPS) is 16.7. The van der Waals surface area contributed by atoms with Crippen molar-refractivity contribution in [1.82, 2.24) is 10.2 Å². The summed E-state index contributed by atoms with van der Waals surface area (Å²) in [5.41, 5.74) is 6.90. The molecule has 2 aromatic rings. The summed E-state index contributed by atoms with van der Waals surface area (Å²) in [6.07, 6.45) is 8.68. The highest BCUT2D eigenvalue weighted by atomic mass is 19.1. The Labute approximate surface area is 204 Å². The monoisotopic (exact) mass is 460 g/mol. The predicted molar refractivity (Wildman–Crippen MR) is 145 cm³/mol. The van der Waals surface area contributed by atoms with Gasteiger partial charge < -0.3 is 15.5 Å². The average Bonchev–Trinajstić information content (AvgIpc) is 3.25. The summed E-state index contributed by atoms with van der Waals surface area (Å²) >= 11 is 0. The summed E-state index contributed by atoms with van der Waals surface area (Å²) in [6, 6.07) is 11.6. The topological polar surface area (TPSA) is 39.7 Å². The Hall–Kier alpha value is -3.18. The molecule has 1 aliphatic rings. The van der Waals surface area contributed by atoms with Crippen LogP contribution >= 0.6 is 0 Å². The number of rotatable bonds is 11. The summed E-state index contributed by atoms with van der Waals surface area (Å²) in [5, 5.41) is 6.84. The Balaban J connectivity index is 1.81. The van der Waals surface area contributed by atoms with Crippen LogP contribution in [0.25, 0.3) is 11.3 Å². The molecule has 1 unspecified atom stereocenters. The number of nitrogens with one attached hydrogen (secondary N) is 2. The molecule has 1 saturated heterocycles. The first-order valence-electron chi connectivity index (χ1n) is 11.9. The summed E-state index contributed by atoms with van der Waals surface area (Å²) in [6.45, 7) is 12.9. The summed E-state index contributed by atoms with van der Waals surface area (Å²) in [7, 11) is 4.12. The maximum Gasteiger partial charge on any atom is 0.126 e. The lowest BCUT2D eigenvalue weighted by atomic mass is 9.94. The Morgan fingerprint density at radius 2 is 2.09 bits per heavy atom. The van der Waals surface area contributed by atoms with Crippen molar-refractivity contribution < 1.29 is 4.39 Å². The van der Waals surface area contributed by atoms with Gasteiger partial charge in [0.05, 0.1) is 0 Å². The van der Waals surface area contributed by atoms with E-state index in [1.165, 1.54) is 25.6 Å². The summed E-state index contributed by atoms with van der Waals surface area (Å²) in [4.78, 5) is 6.21. The van der Waals surface area contributed by atoms with Crippen molar-refractivity contribution in [2.24, 2.45) is 10.9 Å². The quantitative estimate of drug-likeness (QED) is 0.323. The van der Waals surface area contributed by atoms with Crippen molar-refractivity contribution >= 4 is 23.7 Å². The molecule has 0 radical (unpaired) electrons. The van der Waals surface area contributed by atoms with E-state index in [9.17, 15) is 4.39 Å². The Morgan fingerprint density at radius 1 is 1.26 bits per heavy atom. The Kier molecular flexibility index (Phi) is 9.23. The van der Waals surface area contributed by atoms with Gasteiger partial charge in [-0.05, 0) is 99.0 Å². The number of benzene rings is 2. The van der Waals surface area contributed by atoms with Gasteiger partial charge in [-0.1, -0.05) is 30.9 Å². The SMILES string of the molecule is C=N/C=C\C=C(/Cc1ccc(F)c(C)c1)c1ccc(NC)c(C(=C)NCCC2CCN(C)C2)c1. The molecule has 2 N–H and O–H groups in total. The van der Waals surface area contributed by atoms with E-state index in [0.717, 1.165) is 52.5 Å². The maximum atomic E-state index is 13.8. The molecular weight excluding hydrogens is 423 g/mol. The molecule has 1 heterocycles. The lowest BCUT2D eigenvalue weighted by molar-refractivity contribution is 0.388. The van der Waals surface area contributed by atoms with E-state index in [1.54, 1.807) is 13.1 Å². The second-order valence-electron chi connectivity index (χ2n) is 9.10. The molecule has 0 bridgehead atoms.